The molecule has 2 atom stereocenters. The Hall–Kier alpha value is -0.250. The Morgan fingerprint density at radius 2 is 2.08 bits per heavy atom. The maximum Gasteiger partial charge on any atom is 0.394 e. The van der Waals surface area contributed by atoms with Crippen molar-refractivity contribution in [3.63, 3.8) is 0 Å². The molecule has 0 bridgehead atoms. The van der Waals surface area contributed by atoms with Gasteiger partial charge >= 0.3 is 6.18 Å². The van der Waals surface area contributed by atoms with Gasteiger partial charge in [0.05, 0.1) is 11.5 Å². The molecular weight excluding hydrogens is 181 g/mol. The van der Waals surface area contributed by atoms with Crippen LogP contribution in [0.2, 0.25) is 0 Å². The molecule has 0 N–H and O–H groups in total. The fourth-order valence-corrected chi connectivity index (χ4v) is 2.06. The minimum absolute atomic E-state index is 0.128. The minimum Gasteiger partial charge on any atom is -0.381 e. The molecule has 78 valence electrons. The first-order valence-corrected chi connectivity index (χ1v) is 4.55. The molecule has 1 aliphatic carbocycles. The summed E-state index contributed by atoms with van der Waals surface area (Å²) in [5.41, 5.74) is -1.48. The SMILES string of the molecule is CCC1(C(F)(F)F)CCC(OC)C1. The van der Waals surface area contributed by atoms with Crippen LogP contribution in [0.15, 0.2) is 0 Å². The molecule has 0 radical (unpaired) electrons. The van der Waals surface area contributed by atoms with Crippen LogP contribution in [0.3, 0.4) is 0 Å². The molecule has 2 unspecified atom stereocenters. The second-order valence-corrected chi connectivity index (χ2v) is 3.73. The van der Waals surface area contributed by atoms with Gasteiger partial charge in [-0.3, -0.25) is 0 Å². The molecule has 0 aliphatic heterocycles. The number of halogens is 3. The molecule has 0 aromatic heterocycles. The Bertz CT molecular complexity index is 178. The van der Waals surface area contributed by atoms with Crippen molar-refractivity contribution in [2.45, 2.75) is 44.9 Å². The van der Waals surface area contributed by atoms with E-state index < -0.39 is 11.6 Å². The van der Waals surface area contributed by atoms with Gasteiger partial charge in [-0.05, 0) is 25.7 Å². The van der Waals surface area contributed by atoms with Crippen molar-refractivity contribution < 1.29 is 17.9 Å². The first-order valence-electron chi connectivity index (χ1n) is 4.55. The van der Waals surface area contributed by atoms with Crippen molar-refractivity contribution in [1.82, 2.24) is 0 Å². The normalized spacial score (nSPS) is 35.3. The van der Waals surface area contributed by atoms with E-state index in [1.54, 1.807) is 6.92 Å². The molecule has 0 aromatic carbocycles. The molecule has 0 heterocycles. The summed E-state index contributed by atoms with van der Waals surface area (Å²) >= 11 is 0. The third-order valence-electron chi connectivity index (χ3n) is 3.17. The summed E-state index contributed by atoms with van der Waals surface area (Å²) in [5, 5.41) is 0. The maximum absolute atomic E-state index is 12.7. The molecule has 1 nitrogen and oxygen atoms in total. The third kappa shape index (κ3) is 1.82. The Morgan fingerprint density at radius 1 is 1.46 bits per heavy atom. The first kappa shape index (κ1) is 10.8. The van der Waals surface area contributed by atoms with Crippen molar-refractivity contribution in [1.29, 1.82) is 0 Å². The highest BCUT2D eigenvalue weighted by Gasteiger charge is 2.56. The topological polar surface area (TPSA) is 9.23 Å². The smallest absolute Gasteiger partial charge is 0.381 e. The molecule has 0 amide bonds. The molecule has 1 fully saturated rings. The highest BCUT2D eigenvalue weighted by atomic mass is 19.4. The van der Waals surface area contributed by atoms with Crippen LogP contribution in [0.4, 0.5) is 13.2 Å². The second-order valence-electron chi connectivity index (χ2n) is 3.73. The molecule has 1 rings (SSSR count). The van der Waals surface area contributed by atoms with Crippen LogP contribution < -0.4 is 0 Å². The van der Waals surface area contributed by atoms with Crippen LogP contribution in [0.25, 0.3) is 0 Å². The largest absolute Gasteiger partial charge is 0.394 e. The van der Waals surface area contributed by atoms with Gasteiger partial charge in [0, 0.05) is 7.11 Å². The quantitative estimate of drug-likeness (QED) is 0.659. The van der Waals surface area contributed by atoms with Gasteiger partial charge in [0.1, 0.15) is 0 Å². The van der Waals surface area contributed by atoms with Crippen LogP contribution in [-0.4, -0.2) is 19.4 Å². The van der Waals surface area contributed by atoms with Crippen molar-refractivity contribution in [2.24, 2.45) is 5.41 Å². The summed E-state index contributed by atoms with van der Waals surface area (Å²) in [6, 6.07) is 0. The molecule has 1 saturated carbocycles. The number of hydrogen-bond donors (Lipinski definition) is 0. The van der Waals surface area contributed by atoms with E-state index in [1.165, 1.54) is 7.11 Å². The number of ether oxygens (including phenoxy) is 1. The van der Waals surface area contributed by atoms with Crippen LogP contribution >= 0.6 is 0 Å². The molecular formula is C9H15F3O. The predicted molar refractivity (Wildman–Crippen MR) is 43.4 cm³/mol. The van der Waals surface area contributed by atoms with Crippen molar-refractivity contribution in [2.75, 3.05) is 7.11 Å². The lowest BCUT2D eigenvalue weighted by atomic mass is 9.82. The Balaban J connectivity index is 2.74. The van der Waals surface area contributed by atoms with Crippen molar-refractivity contribution >= 4 is 0 Å². The first-order chi connectivity index (χ1) is 5.95. The van der Waals surface area contributed by atoms with Gasteiger partial charge < -0.3 is 4.74 Å². The Labute approximate surface area is 76.3 Å². The van der Waals surface area contributed by atoms with E-state index in [0.29, 0.717) is 6.42 Å². The number of rotatable bonds is 2. The zero-order valence-corrected chi connectivity index (χ0v) is 7.95. The summed E-state index contributed by atoms with van der Waals surface area (Å²) in [4.78, 5) is 0. The van der Waals surface area contributed by atoms with Crippen molar-refractivity contribution in [3.8, 4) is 0 Å². The second kappa shape index (κ2) is 3.48. The number of methoxy groups -OCH3 is 1. The predicted octanol–water partition coefficient (Wildman–Crippen LogP) is 3.14. The summed E-state index contributed by atoms with van der Waals surface area (Å²) in [5.74, 6) is 0. The van der Waals surface area contributed by atoms with E-state index >= 15 is 0 Å². The van der Waals surface area contributed by atoms with Crippen molar-refractivity contribution in [3.05, 3.63) is 0 Å². The zero-order valence-electron chi connectivity index (χ0n) is 7.95. The minimum atomic E-state index is -4.07. The van der Waals surface area contributed by atoms with Gasteiger partial charge in [0.2, 0.25) is 0 Å². The van der Waals surface area contributed by atoms with E-state index in [2.05, 4.69) is 0 Å². The van der Waals surface area contributed by atoms with Crippen LogP contribution in [0, 0.1) is 5.41 Å². The number of hydrogen-bond acceptors (Lipinski definition) is 1. The molecule has 4 heteroatoms. The summed E-state index contributed by atoms with van der Waals surface area (Å²) in [7, 11) is 1.48. The highest BCUT2D eigenvalue weighted by Crippen LogP contribution is 2.53. The summed E-state index contributed by atoms with van der Waals surface area (Å²) < 4.78 is 43.0. The summed E-state index contributed by atoms with van der Waals surface area (Å²) in [6.45, 7) is 1.60. The molecule has 0 aromatic rings. The number of alkyl halides is 3. The van der Waals surface area contributed by atoms with E-state index in [-0.39, 0.29) is 25.4 Å². The average Bonchev–Trinajstić information content (AvgIpc) is 2.47. The highest BCUT2D eigenvalue weighted by molar-refractivity contribution is 4.93. The van der Waals surface area contributed by atoms with Gasteiger partial charge in [0.25, 0.3) is 0 Å². The van der Waals surface area contributed by atoms with Crippen LogP contribution in [0.1, 0.15) is 32.6 Å². The Kier molecular flexibility index (Phi) is 2.90. The van der Waals surface area contributed by atoms with Crippen LogP contribution in [0.5, 0.6) is 0 Å². The van der Waals surface area contributed by atoms with E-state index in [0.717, 1.165) is 0 Å². The Morgan fingerprint density at radius 3 is 2.31 bits per heavy atom. The van der Waals surface area contributed by atoms with Gasteiger partial charge in [0.15, 0.2) is 0 Å². The van der Waals surface area contributed by atoms with Gasteiger partial charge in [-0.25, -0.2) is 0 Å². The molecule has 0 saturated heterocycles. The lowest BCUT2D eigenvalue weighted by molar-refractivity contribution is -0.225. The zero-order chi connectivity index (χ0) is 10.1. The maximum atomic E-state index is 12.7. The molecule has 1 aliphatic rings. The third-order valence-corrected chi connectivity index (χ3v) is 3.17. The summed E-state index contributed by atoms with van der Waals surface area (Å²) in [6.07, 6.45) is -3.24. The van der Waals surface area contributed by atoms with E-state index in [4.69, 9.17) is 4.74 Å². The standard InChI is InChI=1S/C9H15F3O/c1-3-8(9(10,11)12)5-4-7(6-8)13-2/h7H,3-6H2,1-2H3. The fraction of sp³-hybridized carbons (Fsp3) is 1.00. The average molecular weight is 196 g/mol. The monoisotopic (exact) mass is 196 g/mol. The van der Waals surface area contributed by atoms with Gasteiger partial charge in [-0.15, -0.1) is 0 Å². The van der Waals surface area contributed by atoms with E-state index in [9.17, 15) is 13.2 Å². The fourth-order valence-electron chi connectivity index (χ4n) is 2.06. The van der Waals surface area contributed by atoms with Crippen LogP contribution in [-0.2, 0) is 4.74 Å². The lowest BCUT2D eigenvalue weighted by Gasteiger charge is -2.30. The molecule has 13 heavy (non-hydrogen) atoms. The lowest BCUT2D eigenvalue weighted by Crippen LogP contribution is -2.35. The van der Waals surface area contributed by atoms with E-state index in [1.807, 2.05) is 0 Å². The van der Waals surface area contributed by atoms with Gasteiger partial charge in [-0.1, -0.05) is 6.92 Å². The van der Waals surface area contributed by atoms with Gasteiger partial charge in [-0.2, -0.15) is 13.2 Å². The molecule has 0 spiro atoms.